The van der Waals surface area contributed by atoms with Gasteiger partial charge < -0.3 is 20.5 Å². The highest BCUT2D eigenvalue weighted by molar-refractivity contribution is 6.03. The van der Waals surface area contributed by atoms with Crippen molar-refractivity contribution >= 4 is 27.6 Å². The van der Waals surface area contributed by atoms with E-state index in [1.54, 1.807) is 24.3 Å². The summed E-state index contributed by atoms with van der Waals surface area (Å²) in [5.41, 5.74) is 2.22. The highest BCUT2D eigenvalue weighted by Crippen LogP contribution is 2.28. The van der Waals surface area contributed by atoms with E-state index in [2.05, 4.69) is 10.3 Å². The molecule has 0 unspecified atom stereocenters. The van der Waals surface area contributed by atoms with Crippen LogP contribution in [-0.2, 0) is 6.42 Å². The summed E-state index contributed by atoms with van der Waals surface area (Å²) < 4.78 is 0. The molecule has 4 rings (SSSR count). The number of carbonyl (C=O) groups excluding carboxylic acids is 1. The molecule has 0 saturated carbocycles. The Morgan fingerprint density at radius 2 is 1.85 bits per heavy atom. The fourth-order valence-corrected chi connectivity index (χ4v) is 3.22. The number of amides is 1. The highest BCUT2D eigenvalue weighted by atomic mass is 16.3. The Kier molecular flexibility index (Phi) is 3.97. The summed E-state index contributed by atoms with van der Waals surface area (Å²) >= 11 is 0. The van der Waals surface area contributed by atoms with Crippen molar-refractivity contribution in [2.45, 2.75) is 6.42 Å². The summed E-state index contributed by atoms with van der Waals surface area (Å²) in [4.78, 5) is 15.6. The van der Waals surface area contributed by atoms with E-state index < -0.39 is 0 Å². The quantitative estimate of drug-likeness (QED) is 0.454. The molecular formula is C21H18N2O3. The van der Waals surface area contributed by atoms with Gasteiger partial charge in [0, 0.05) is 29.0 Å². The average molecular weight is 346 g/mol. The number of rotatable bonds is 4. The van der Waals surface area contributed by atoms with Crippen LogP contribution in [0.3, 0.4) is 0 Å². The van der Waals surface area contributed by atoms with Gasteiger partial charge in [0.15, 0.2) is 0 Å². The van der Waals surface area contributed by atoms with Crippen LogP contribution >= 0.6 is 0 Å². The fraction of sp³-hybridized carbons (Fsp3) is 0.0952. The monoisotopic (exact) mass is 346 g/mol. The van der Waals surface area contributed by atoms with Crippen LogP contribution in [0.5, 0.6) is 11.5 Å². The van der Waals surface area contributed by atoms with Gasteiger partial charge in [-0.15, -0.1) is 0 Å². The standard InChI is InChI=1S/C21H18N2O3/c24-15-6-8-19-18(11-15)14(12-23-19)9-10-22-21(26)17-7-5-13-3-1-2-4-16(13)20(17)25/h1-8,11-12,23-25H,9-10H2,(H,22,26). The molecule has 0 aliphatic carbocycles. The normalized spacial score (nSPS) is 11.1. The lowest BCUT2D eigenvalue weighted by atomic mass is 10.0. The van der Waals surface area contributed by atoms with Gasteiger partial charge in [-0.25, -0.2) is 0 Å². The van der Waals surface area contributed by atoms with Crippen LogP contribution in [0.1, 0.15) is 15.9 Å². The van der Waals surface area contributed by atoms with Crippen molar-refractivity contribution in [2.75, 3.05) is 6.54 Å². The maximum atomic E-state index is 12.4. The summed E-state index contributed by atoms with van der Waals surface area (Å²) in [5.74, 6) is -0.1000. The number of benzene rings is 3. The molecule has 4 aromatic rings. The lowest BCUT2D eigenvalue weighted by Gasteiger charge is -2.09. The van der Waals surface area contributed by atoms with Crippen LogP contribution in [0.4, 0.5) is 0 Å². The van der Waals surface area contributed by atoms with Crippen molar-refractivity contribution in [3.63, 3.8) is 0 Å². The van der Waals surface area contributed by atoms with E-state index in [1.807, 2.05) is 36.5 Å². The molecule has 0 aliphatic rings. The second-order valence-electron chi connectivity index (χ2n) is 6.23. The molecule has 0 saturated heterocycles. The van der Waals surface area contributed by atoms with Crippen molar-refractivity contribution < 1.29 is 15.0 Å². The zero-order valence-electron chi connectivity index (χ0n) is 14.0. The van der Waals surface area contributed by atoms with Gasteiger partial charge in [0.25, 0.3) is 5.91 Å². The third-order valence-corrected chi connectivity index (χ3v) is 4.58. The third-order valence-electron chi connectivity index (χ3n) is 4.58. The van der Waals surface area contributed by atoms with Crippen molar-refractivity contribution in [2.24, 2.45) is 0 Å². The molecule has 5 heteroatoms. The molecule has 130 valence electrons. The van der Waals surface area contributed by atoms with E-state index >= 15 is 0 Å². The van der Waals surface area contributed by atoms with Crippen molar-refractivity contribution in [1.29, 1.82) is 0 Å². The number of hydrogen-bond acceptors (Lipinski definition) is 3. The van der Waals surface area contributed by atoms with E-state index in [9.17, 15) is 15.0 Å². The minimum atomic E-state index is -0.309. The van der Waals surface area contributed by atoms with Gasteiger partial charge in [-0.05, 0) is 41.6 Å². The molecule has 4 N–H and O–H groups in total. The number of aromatic nitrogens is 1. The smallest absolute Gasteiger partial charge is 0.255 e. The molecule has 3 aromatic carbocycles. The lowest BCUT2D eigenvalue weighted by molar-refractivity contribution is 0.0951. The molecule has 1 aromatic heterocycles. The third kappa shape index (κ3) is 2.84. The molecule has 1 amide bonds. The van der Waals surface area contributed by atoms with Crippen molar-refractivity contribution in [3.8, 4) is 11.5 Å². The van der Waals surface area contributed by atoms with Gasteiger partial charge in [0.2, 0.25) is 0 Å². The maximum Gasteiger partial charge on any atom is 0.255 e. The van der Waals surface area contributed by atoms with Crippen molar-refractivity contribution in [3.05, 3.63) is 71.9 Å². The topological polar surface area (TPSA) is 85.4 Å². The minimum absolute atomic E-state index is 0.00221. The molecule has 0 spiro atoms. The van der Waals surface area contributed by atoms with E-state index in [4.69, 9.17) is 0 Å². The number of aromatic hydroxyl groups is 2. The Morgan fingerprint density at radius 1 is 1.00 bits per heavy atom. The summed E-state index contributed by atoms with van der Waals surface area (Å²) in [6.07, 6.45) is 2.49. The van der Waals surface area contributed by atoms with Gasteiger partial charge in [-0.3, -0.25) is 4.79 Å². The first-order chi connectivity index (χ1) is 12.6. The first-order valence-corrected chi connectivity index (χ1v) is 8.41. The van der Waals surface area contributed by atoms with E-state index in [1.165, 1.54) is 0 Å². The number of phenolic OH excluding ortho intramolecular Hbond substituents is 2. The zero-order valence-corrected chi connectivity index (χ0v) is 14.0. The molecule has 26 heavy (non-hydrogen) atoms. The molecule has 0 atom stereocenters. The zero-order chi connectivity index (χ0) is 18.1. The van der Waals surface area contributed by atoms with E-state index in [-0.39, 0.29) is 23.0 Å². The van der Waals surface area contributed by atoms with Crippen LogP contribution in [-0.4, -0.2) is 27.6 Å². The number of aromatic amines is 1. The van der Waals surface area contributed by atoms with Gasteiger partial charge in [0.05, 0.1) is 5.56 Å². The summed E-state index contributed by atoms with van der Waals surface area (Å²) in [5, 5.41) is 25.4. The van der Waals surface area contributed by atoms with Gasteiger partial charge in [-0.1, -0.05) is 30.3 Å². The number of H-pyrrole nitrogens is 1. The Bertz CT molecular complexity index is 1110. The average Bonchev–Trinajstić information content (AvgIpc) is 3.04. The molecular weight excluding hydrogens is 328 g/mol. The van der Waals surface area contributed by atoms with Gasteiger partial charge in [-0.2, -0.15) is 0 Å². The lowest BCUT2D eigenvalue weighted by Crippen LogP contribution is -2.25. The first kappa shape index (κ1) is 16.0. The largest absolute Gasteiger partial charge is 0.508 e. The second kappa shape index (κ2) is 6.44. The second-order valence-corrected chi connectivity index (χ2v) is 6.23. The van der Waals surface area contributed by atoms with Crippen LogP contribution in [0, 0.1) is 0 Å². The van der Waals surface area contributed by atoms with Crippen LogP contribution in [0.15, 0.2) is 60.8 Å². The van der Waals surface area contributed by atoms with Crippen LogP contribution in [0.25, 0.3) is 21.7 Å². The Morgan fingerprint density at radius 3 is 2.73 bits per heavy atom. The molecule has 1 heterocycles. The van der Waals surface area contributed by atoms with E-state index in [0.717, 1.165) is 21.9 Å². The van der Waals surface area contributed by atoms with Crippen LogP contribution < -0.4 is 5.32 Å². The Hall–Kier alpha value is -3.47. The predicted octanol–water partition coefficient (Wildman–Crippen LogP) is 3.70. The summed E-state index contributed by atoms with van der Waals surface area (Å²) in [6, 6.07) is 16.0. The number of phenols is 2. The number of carbonyl (C=O) groups is 1. The fourth-order valence-electron chi connectivity index (χ4n) is 3.22. The molecule has 0 fully saturated rings. The number of nitrogens with one attached hydrogen (secondary N) is 2. The Labute approximate surface area is 149 Å². The van der Waals surface area contributed by atoms with E-state index in [0.29, 0.717) is 18.4 Å². The maximum absolute atomic E-state index is 12.4. The number of fused-ring (bicyclic) bond motifs is 2. The minimum Gasteiger partial charge on any atom is -0.508 e. The van der Waals surface area contributed by atoms with Gasteiger partial charge >= 0.3 is 0 Å². The summed E-state index contributed by atoms with van der Waals surface area (Å²) in [7, 11) is 0. The van der Waals surface area contributed by atoms with Gasteiger partial charge in [0.1, 0.15) is 11.5 Å². The molecule has 5 nitrogen and oxygen atoms in total. The molecule has 0 aliphatic heterocycles. The molecule has 0 radical (unpaired) electrons. The highest BCUT2D eigenvalue weighted by Gasteiger charge is 2.13. The van der Waals surface area contributed by atoms with Crippen LogP contribution in [0.2, 0.25) is 0 Å². The Balaban J connectivity index is 1.49. The molecule has 0 bridgehead atoms. The van der Waals surface area contributed by atoms with Crippen molar-refractivity contribution in [1.82, 2.24) is 10.3 Å². The number of hydrogen-bond donors (Lipinski definition) is 4. The summed E-state index contributed by atoms with van der Waals surface area (Å²) in [6.45, 7) is 0.424. The first-order valence-electron chi connectivity index (χ1n) is 8.41. The SMILES string of the molecule is O=C(NCCc1c[nH]c2ccc(O)cc12)c1ccc2ccccc2c1O. The predicted molar refractivity (Wildman–Crippen MR) is 102 cm³/mol.